The van der Waals surface area contributed by atoms with Crippen molar-refractivity contribution in [2.75, 3.05) is 13.1 Å². The van der Waals surface area contributed by atoms with Gasteiger partial charge < -0.3 is 5.32 Å². The maximum Gasteiger partial charge on any atom is 0.139 e. The zero-order chi connectivity index (χ0) is 18.8. The molecule has 152 valence electrons. The Bertz CT molecular complexity index is 601. The minimum atomic E-state index is 0.0289. The SMILES string of the molecule is CC1CC2CC(S[C@H]3CCNC3)CC[C@]2(C)[C@@H]2CC[C@]3(C)C(=O)CC[C@H]3[C@H]12. The maximum atomic E-state index is 12.7. The molecule has 3 unspecified atom stereocenters. The van der Waals surface area contributed by atoms with Gasteiger partial charge in [0.1, 0.15) is 5.78 Å². The molecule has 0 amide bonds. The molecule has 5 fully saturated rings. The Labute approximate surface area is 170 Å². The first-order chi connectivity index (χ1) is 12.9. The van der Waals surface area contributed by atoms with Crippen LogP contribution in [0, 0.1) is 40.4 Å². The number of fused-ring (bicyclic) bond motifs is 5. The second-order valence-electron chi connectivity index (χ2n) is 11.3. The smallest absolute Gasteiger partial charge is 0.139 e. The van der Waals surface area contributed by atoms with Gasteiger partial charge in [0.25, 0.3) is 0 Å². The second kappa shape index (κ2) is 6.76. The molecule has 0 bridgehead atoms. The van der Waals surface area contributed by atoms with Crippen molar-refractivity contribution in [1.29, 1.82) is 0 Å². The predicted octanol–water partition coefficient (Wildman–Crippen LogP) is 5.31. The van der Waals surface area contributed by atoms with Crippen LogP contribution in [0.2, 0.25) is 0 Å². The first-order valence-corrected chi connectivity index (χ1v) is 12.8. The van der Waals surface area contributed by atoms with E-state index >= 15 is 0 Å². The van der Waals surface area contributed by atoms with Crippen LogP contribution in [0.4, 0.5) is 0 Å². The lowest BCUT2D eigenvalue weighted by Gasteiger charge is -2.62. The third-order valence-electron chi connectivity index (χ3n) is 10.1. The molecule has 1 heterocycles. The van der Waals surface area contributed by atoms with Crippen LogP contribution in [-0.2, 0) is 4.79 Å². The maximum absolute atomic E-state index is 12.7. The van der Waals surface area contributed by atoms with E-state index in [0.29, 0.717) is 17.1 Å². The third-order valence-corrected chi connectivity index (χ3v) is 11.7. The summed E-state index contributed by atoms with van der Waals surface area (Å²) < 4.78 is 0. The Morgan fingerprint density at radius 2 is 1.85 bits per heavy atom. The van der Waals surface area contributed by atoms with E-state index in [1.165, 1.54) is 64.5 Å². The van der Waals surface area contributed by atoms with Gasteiger partial charge in [-0.3, -0.25) is 4.79 Å². The van der Waals surface area contributed by atoms with E-state index in [2.05, 4.69) is 37.8 Å². The molecule has 0 spiro atoms. The number of Topliss-reactive ketones (excluding diaryl/α,β-unsaturated/α-hetero) is 1. The minimum Gasteiger partial charge on any atom is -0.316 e. The summed E-state index contributed by atoms with van der Waals surface area (Å²) in [6.45, 7) is 10.00. The van der Waals surface area contributed by atoms with Gasteiger partial charge in [0.05, 0.1) is 0 Å². The Morgan fingerprint density at radius 1 is 1.00 bits per heavy atom. The number of hydrogen-bond acceptors (Lipinski definition) is 3. The zero-order valence-electron chi connectivity index (χ0n) is 17.6. The van der Waals surface area contributed by atoms with E-state index in [4.69, 9.17) is 0 Å². The summed E-state index contributed by atoms with van der Waals surface area (Å²) in [6.07, 6.45) is 11.7. The van der Waals surface area contributed by atoms with E-state index in [0.717, 1.165) is 40.6 Å². The second-order valence-corrected chi connectivity index (χ2v) is 12.9. The van der Waals surface area contributed by atoms with E-state index < -0.39 is 0 Å². The number of ketones is 1. The summed E-state index contributed by atoms with van der Waals surface area (Å²) in [7, 11) is 0. The molecule has 1 saturated heterocycles. The van der Waals surface area contributed by atoms with Crippen molar-refractivity contribution >= 4 is 17.5 Å². The molecule has 4 aliphatic carbocycles. The molecule has 0 aromatic rings. The molecule has 2 nitrogen and oxygen atoms in total. The highest BCUT2D eigenvalue weighted by Crippen LogP contribution is 2.67. The molecule has 1 N–H and O–H groups in total. The number of carbonyl (C=O) groups is 1. The highest BCUT2D eigenvalue weighted by molar-refractivity contribution is 8.00. The number of carbonyl (C=O) groups excluding carboxylic acids is 1. The lowest BCUT2D eigenvalue weighted by atomic mass is 9.43. The average Bonchev–Trinajstić information content (AvgIpc) is 3.25. The Hall–Kier alpha value is -0.0200. The predicted molar refractivity (Wildman–Crippen MR) is 114 cm³/mol. The fourth-order valence-electron chi connectivity index (χ4n) is 8.51. The zero-order valence-corrected chi connectivity index (χ0v) is 18.5. The van der Waals surface area contributed by atoms with Crippen molar-refractivity contribution in [2.24, 2.45) is 40.4 Å². The minimum absolute atomic E-state index is 0.0289. The van der Waals surface area contributed by atoms with Gasteiger partial charge in [0, 0.05) is 28.9 Å². The standard InChI is InChI=1S/C24H39NOS/c1-15-12-16-13-17(27-18-8-11-25-14-18)6-9-23(16,2)20-7-10-24(3)19(22(15)20)4-5-21(24)26/h15-20,22,25H,4-14H2,1-3H3/t15?,16?,17?,18-,19-,20+,22-,23-,24-/m0/s1. The number of rotatable bonds is 2. The monoisotopic (exact) mass is 389 g/mol. The molecule has 4 saturated carbocycles. The third kappa shape index (κ3) is 2.88. The van der Waals surface area contributed by atoms with E-state index in [1.807, 2.05) is 0 Å². The van der Waals surface area contributed by atoms with Gasteiger partial charge in [-0.25, -0.2) is 0 Å². The molecule has 3 heteroatoms. The molecule has 0 aromatic heterocycles. The van der Waals surface area contributed by atoms with Gasteiger partial charge in [-0.2, -0.15) is 11.8 Å². The normalized spacial score (nSPS) is 55.1. The summed E-state index contributed by atoms with van der Waals surface area (Å²) in [5.41, 5.74) is 0.580. The summed E-state index contributed by atoms with van der Waals surface area (Å²) >= 11 is 2.32. The van der Waals surface area contributed by atoms with Gasteiger partial charge in [-0.05, 0) is 92.9 Å². The molecule has 5 aliphatic rings. The van der Waals surface area contributed by atoms with Crippen LogP contribution in [0.15, 0.2) is 0 Å². The molecule has 0 aromatic carbocycles. The quantitative estimate of drug-likeness (QED) is 0.694. The van der Waals surface area contributed by atoms with Crippen LogP contribution in [0.5, 0.6) is 0 Å². The van der Waals surface area contributed by atoms with Crippen LogP contribution in [0.1, 0.15) is 78.6 Å². The molecule has 0 radical (unpaired) electrons. The van der Waals surface area contributed by atoms with Crippen LogP contribution in [-0.4, -0.2) is 29.4 Å². The van der Waals surface area contributed by atoms with Gasteiger partial charge in [0.2, 0.25) is 0 Å². The highest BCUT2D eigenvalue weighted by atomic mass is 32.2. The lowest BCUT2D eigenvalue weighted by Crippen LogP contribution is -2.56. The number of nitrogens with one attached hydrogen (secondary N) is 1. The fraction of sp³-hybridized carbons (Fsp3) is 0.958. The molecule has 1 aliphatic heterocycles. The van der Waals surface area contributed by atoms with Crippen LogP contribution >= 0.6 is 11.8 Å². The average molecular weight is 390 g/mol. The van der Waals surface area contributed by atoms with Crippen LogP contribution in [0.3, 0.4) is 0 Å². The number of hydrogen-bond donors (Lipinski definition) is 1. The molecule has 9 atom stereocenters. The van der Waals surface area contributed by atoms with Gasteiger partial charge >= 0.3 is 0 Å². The largest absolute Gasteiger partial charge is 0.316 e. The van der Waals surface area contributed by atoms with Crippen molar-refractivity contribution in [1.82, 2.24) is 5.32 Å². The molecule has 27 heavy (non-hydrogen) atoms. The van der Waals surface area contributed by atoms with Crippen molar-refractivity contribution in [3.8, 4) is 0 Å². The summed E-state index contributed by atoms with van der Waals surface area (Å²) in [5.74, 6) is 4.73. The summed E-state index contributed by atoms with van der Waals surface area (Å²) in [4.78, 5) is 12.7. The summed E-state index contributed by atoms with van der Waals surface area (Å²) in [5, 5.41) is 5.32. The van der Waals surface area contributed by atoms with Crippen molar-refractivity contribution in [3.05, 3.63) is 0 Å². The van der Waals surface area contributed by atoms with Gasteiger partial charge in [-0.15, -0.1) is 0 Å². The topological polar surface area (TPSA) is 29.1 Å². The Morgan fingerprint density at radius 3 is 2.63 bits per heavy atom. The van der Waals surface area contributed by atoms with Crippen molar-refractivity contribution < 1.29 is 4.79 Å². The highest BCUT2D eigenvalue weighted by Gasteiger charge is 2.61. The lowest BCUT2D eigenvalue weighted by molar-refractivity contribution is -0.146. The molecule has 5 rings (SSSR count). The van der Waals surface area contributed by atoms with Crippen LogP contribution in [0.25, 0.3) is 0 Å². The Kier molecular flexibility index (Phi) is 4.75. The summed E-state index contributed by atoms with van der Waals surface area (Å²) in [6, 6.07) is 0. The first kappa shape index (κ1) is 19.0. The van der Waals surface area contributed by atoms with E-state index in [9.17, 15) is 4.79 Å². The van der Waals surface area contributed by atoms with E-state index in [1.54, 1.807) is 0 Å². The van der Waals surface area contributed by atoms with Gasteiger partial charge in [0.15, 0.2) is 0 Å². The van der Waals surface area contributed by atoms with Gasteiger partial charge in [-0.1, -0.05) is 20.8 Å². The number of thioether (sulfide) groups is 1. The van der Waals surface area contributed by atoms with E-state index in [-0.39, 0.29) is 5.41 Å². The molecular weight excluding hydrogens is 350 g/mol. The fourth-order valence-corrected chi connectivity index (χ4v) is 10.1. The van der Waals surface area contributed by atoms with Crippen LogP contribution < -0.4 is 5.32 Å². The molecular formula is C24H39NOS. The first-order valence-electron chi connectivity index (χ1n) is 11.8. The Balaban J connectivity index is 1.34. The van der Waals surface area contributed by atoms with Crippen molar-refractivity contribution in [3.63, 3.8) is 0 Å². The van der Waals surface area contributed by atoms with Crippen molar-refractivity contribution in [2.45, 2.75) is 89.1 Å².